The smallest absolute Gasteiger partial charge is 0.313 e. The number of carboxylic acids is 1. The average molecular weight is 296 g/mol. The first-order chi connectivity index (χ1) is 9.49. The lowest BCUT2D eigenvalue weighted by Crippen LogP contribution is -1.97. The van der Waals surface area contributed by atoms with Crippen LogP contribution in [-0.2, 0) is 4.79 Å². The van der Waals surface area contributed by atoms with Crippen LogP contribution in [0.3, 0.4) is 0 Å². The van der Waals surface area contributed by atoms with Gasteiger partial charge in [0.05, 0.1) is 16.2 Å². The minimum absolute atomic E-state index is 0.119. The molecule has 0 saturated heterocycles. The average Bonchev–Trinajstić information content (AvgIpc) is 2.85. The molecule has 0 fully saturated rings. The second-order valence-corrected chi connectivity index (χ2v) is 4.52. The Morgan fingerprint density at radius 3 is 2.90 bits per heavy atom. The van der Waals surface area contributed by atoms with Crippen LogP contribution < -0.4 is 0 Å². The van der Waals surface area contributed by atoms with Gasteiger partial charge in [-0.15, -0.1) is 5.10 Å². The molecule has 20 heavy (non-hydrogen) atoms. The number of aromatic amines is 1. The lowest BCUT2D eigenvalue weighted by atomic mass is 10.1. The maximum Gasteiger partial charge on any atom is 0.313 e. The topological polar surface area (TPSA) is 142 Å². The zero-order chi connectivity index (χ0) is 14.7. The van der Waals surface area contributed by atoms with Crippen molar-refractivity contribution in [1.29, 1.82) is 0 Å². The molecule has 2 aromatic rings. The normalized spacial score (nSPS) is 10.4. The number of aromatic nitrogens is 3. The number of nitrogens with one attached hydrogen (secondary N) is 1. The number of phenols is 1. The highest BCUT2D eigenvalue weighted by molar-refractivity contribution is 7.99. The van der Waals surface area contributed by atoms with E-state index in [1.54, 1.807) is 0 Å². The molecule has 9 nitrogen and oxygen atoms in total. The molecule has 0 radical (unpaired) electrons. The van der Waals surface area contributed by atoms with Gasteiger partial charge in [-0.25, -0.2) is 4.98 Å². The number of hydrogen-bond acceptors (Lipinski definition) is 7. The van der Waals surface area contributed by atoms with E-state index >= 15 is 0 Å². The molecule has 0 aliphatic rings. The van der Waals surface area contributed by atoms with E-state index in [0.29, 0.717) is 0 Å². The Balaban J connectivity index is 2.30. The van der Waals surface area contributed by atoms with E-state index in [1.807, 2.05) is 0 Å². The highest BCUT2D eigenvalue weighted by Crippen LogP contribution is 2.35. The van der Waals surface area contributed by atoms with Crippen molar-refractivity contribution >= 4 is 23.4 Å². The highest BCUT2D eigenvalue weighted by atomic mass is 32.2. The Hall–Kier alpha value is -2.62. The third kappa shape index (κ3) is 2.85. The Bertz CT molecular complexity index is 671. The van der Waals surface area contributed by atoms with Gasteiger partial charge in [-0.2, -0.15) is 0 Å². The summed E-state index contributed by atoms with van der Waals surface area (Å²) in [6.07, 6.45) is 0. The van der Waals surface area contributed by atoms with Crippen LogP contribution in [-0.4, -0.2) is 42.0 Å². The molecule has 0 saturated carbocycles. The van der Waals surface area contributed by atoms with Gasteiger partial charge < -0.3 is 10.2 Å². The molecule has 104 valence electrons. The summed E-state index contributed by atoms with van der Waals surface area (Å²) in [4.78, 5) is 24.4. The number of hydrogen-bond donors (Lipinski definition) is 3. The largest absolute Gasteiger partial charge is 0.502 e. The van der Waals surface area contributed by atoms with E-state index in [0.717, 1.165) is 17.8 Å². The number of rotatable bonds is 5. The number of para-hydroxylation sites is 1. The zero-order valence-corrected chi connectivity index (χ0v) is 10.6. The molecule has 0 amide bonds. The van der Waals surface area contributed by atoms with E-state index < -0.39 is 22.3 Å². The number of aliphatic carboxylic acids is 1. The van der Waals surface area contributed by atoms with Gasteiger partial charge in [-0.3, -0.25) is 20.0 Å². The summed E-state index contributed by atoms with van der Waals surface area (Å²) in [7, 11) is 0. The van der Waals surface area contributed by atoms with Gasteiger partial charge in [0.1, 0.15) is 0 Å². The van der Waals surface area contributed by atoms with Crippen LogP contribution >= 0.6 is 11.8 Å². The maximum absolute atomic E-state index is 10.7. The molecule has 3 N–H and O–H groups in total. The van der Waals surface area contributed by atoms with Crippen LogP contribution in [0.5, 0.6) is 5.75 Å². The predicted molar refractivity (Wildman–Crippen MR) is 68.5 cm³/mol. The Morgan fingerprint density at radius 1 is 1.50 bits per heavy atom. The van der Waals surface area contributed by atoms with Gasteiger partial charge in [0.25, 0.3) is 0 Å². The number of carboxylic acid groups (broad SMARTS) is 1. The fourth-order valence-corrected chi connectivity index (χ4v) is 1.95. The quantitative estimate of drug-likeness (QED) is 0.425. The number of nitro groups is 1. The van der Waals surface area contributed by atoms with E-state index in [1.165, 1.54) is 12.1 Å². The first-order valence-corrected chi connectivity index (χ1v) is 6.21. The molecule has 0 spiro atoms. The monoisotopic (exact) mass is 296 g/mol. The summed E-state index contributed by atoms with van der Waals surface area (Å²) in [6, 6.07) is 4.00. The van der Waals surface area contributed by atoms with Crippen LogP contribution in [0.2, 0.25) is 0 Å². The van der Waals surface area contributed by atoms with Crippen molar-refractivity contribution in [2.75, 3.05) is 5.75 Å². The molecule has 1 aromatic carbocycles. The lowest BCUT2D eigenvalue weighted by molar-refractivity contribution is -0.385. The number of H-pyrrole nitrogens is 1. The number of aromatic hydroxyl groups is 1. The van der Waals surface area contributed by atoms with Crippen molar-refractivity contribution in [3.63, 3.8) is 0 Å². The maximum atomic E-state index is 10.7. The summed E-state index contributed by atoms with van der Waals surface area (Å²) >= 11 is 0.892. The van der Waals surface area contributed by atoms with E-state index in [4.69, 9.17) is 5.11 Å². The van der Waals surface area contributed by atoms with Crippen molar-refractivity contribution in [2.24, 2.45) is 0 Å². The number of carbonyl (C=O) groups is 1. The molecule has 1 heterocycles. The van der Waals surface area contributed by atoms with Gasteiger partial charge in [-0.05, 0) is 6.07 Å². The van der Waals surface area contributed by atoms with Gasteiger partial charge in [-0.1, -0.05) is 17.8 Å². The summed E-state index contributed by atoms with van der Waals surface area (Å²) < 4.78 is 0. The fourth-order valence-electron chi connectivity index (χ4n) is 1.43. The van der Waals surface area contributed by atoms with Gasteiger partial charge in [0, 0.05) is 6.07 Å². The van der Waals surface area contributed by atoms with Gasteiger partial charge in [0.2, 0.25) is 10.9 Å². The Labute approximate surface area is 115 Å². The zero-order valence-electron chi connectivity index (χ0n) is 9.81. The molecule has 2 rings (SSSR count). The molecular weight excluding hydrogens is 288 g/mol. The molecule has 10 heteroatoms. The number of benzene rings is 1. The molecular formula is C10H8N4O5S. The second kappa shape index (κ2) is 5.57. The van der Waals surface area contributed by atoms with E-state index in [2.05, 4.69) is 15.2 Å². The molecule has 0 bridgehead atoms. The summed E-state index contributed by atoms with van der Waals surface area (Å²) in [5, 5.41) is 35.5. The first-order valence-electron chi connectivity index (χ1n) is 5.22. The van der Waals surface area contributed by atoms with Crippen molar-refractivity contribution in [3.8, 4) is 17.1 Å². The number of nitro benzene ring substituents is 1. The molecule has 0 aliphatic carbocycles. The Morgan fingerprint density at radius 2 is 2.25 bits per heavy atom. The molecule has 0 aliphatic heterocycles. The van der Waals surface area contributed by atoms with Crippen LogP contribution in [0.15, 0.2) is 23.4 Å². The van der Waals surface area contributed by atoms with Gasteiger partial charge in [0.15, 0.2) is 5.82 Å². The summed E-state index contributed by atoms with van der Waals surface area (Å²) in [5.74, 6) is -1.62. The van der Waals surface area contributed by atoms with Crippen molar-refractivity contribution < 1.29 is 19.9 Å². The van der Waals surface area contributed by atoms with E-state index in [-0.39, 0.29) is 22.3 Å². The predicted octanol–water partition coefficient (Wildman–Crippen LogP) is 1.26. The van der Waals surface area contributed by atoms with Crippen molar-refractivity contribution in [3.05, 3.63) is 28.3 Å². The summed E-state index contributed by atoms with van der Waals surface area (Å²) in [5.41, 5.74) is -0.326. The highest BCUT2D eigenvalue weighted by Gasteiger charge is 2.19. The van der Waals surface area contributed by atoms with E-state index in [9.17, 15) is 20.0 Å². The third-order valence-corrected chi connectivity index (χ3v) is 3.09. The standard InChI is InChI=1S/C10H8N4O5S/c15-7(16)4-20-10-11-9(12-13-10)5-2-1-3-6(8(5)17)14(18)19/h1-3,17H,4H2,(H,15,16)(H,11,12,13). The Kier molecular flexibility index (Phi) is 3.84. The molecule has 1 aromatic heterocycles. The second-order valence-electron chi connectivity index (χ2n) is 3.58. The third-order valence-electron chi connectivity index (χ3n) is 2.26. The van der Waals surface area contributed by atoms with Gasteiger partial charge >= 0.3 is 11.7 Å². The van der Waals surface area contributed by atoms with Crippen molar-refractivity contribution in [1.82, 2.24) is 15.2 Å². The van der Waals surface area contributed by atoms with Crippen LogP contribution in [0.1, 0.15) is 0 Å². The van der Waals surface area contributed by atoms with Crippen LogP contribution in [0.4, 0.5) is 5.69 Å². The SMILES string of the molecule is O=C(O)CSc1n[nH]c(-c2cccc([N+](=O)[O-])c2O)n1. The number of nitrogens with zero attached hydrogens (tertiary/aromatic N) is 3. The fraction of sp³-hybridized carbons (Fsp3) is 0.100. The number of phenolic OH excluding ortho intramolecular Hbond substituents is 1. The first kappa shape index (κ1) is 13.8. The lowest BCUT2D eigenvalue weighted by Gasteiger charge is -2.00. The van der Waals surface area contributed by atoms with Crippen molar-refractivity contribution in [2.45, 2.75) is 5.16 Å². The molecule has 0 atom stereocenters. The molecule has 0 unspecified atom stereocenters. The van der Waals surface area contributed by atoms with Crippen LogP contribution in [0.25, 0.3) is 11.4 Å². The minimum atomic E-state index is -1.01. The summed E-state index contributed by atoms with van der Waals surface area (Å²) in [6.45, 7) is 0. The van der Waals surface area contributed by atoms with Crippen LogP contribution in [0, 0.1) is 10.1 Å². The number of thioether (sulfide) groups is 1. The minimum Gasteiger partial charge on any atom is -0.502 e.